The lowest BCUT2D eigenvalue weighted by atomic mass is 10.2. The minimum absolute atomic E-state index is 0. The van der Waals surface area contributed by atoms with E-state index in [2.05, 4.69) is 25.3 Å². The molecule has 1 fully saturated rings. The van der Waals surface area contributed by atoms with Crippen LogP contribution in [0, 0.1) is 13.8 Å². The monoisotopic (exact) mass is 478 g/mol. The van der Waals surface area contributed by atoms with Crippen molar-refractivity contribution >= 4 is 35.8 Å². The highest BCUT2D eigenvalue weighted by Crippen LogP contribution is 2.12. The van der Waals surface area contributed by atoms with E-state index in [1.165, 1.54) is 0 Å². The molecule has 0 aliphatic carbocycles. The van der Waals surface area contributed by atoms with E-state index < -0.39 is 0 Å². The Morgan fingerprint density at radius 1 is 1.27 bits per heavy atom. The van der Waals surface area contributed by atoms with Crippen LogP contribution in [-0.4, -0.2) is 85.6 Å². The number of halogens is 1. The molecule has 0 radical (unpaired) electrons. The van der Waals surface area contributed by atoms with Crippen LogP contribution in [0.1, 0.15) is 23.4 Å². The van der Waals surface area contributed by atoms with Crippen molar-refractivity contribution in [1.29, 1.82) is 0 Å². The topological polar surface area (TPSA) is 77.2 Å². The smallest absolute Gasteiger partial charge is 0.223 e. The highest BCUT2D eigenvalue weighted by molar-refractivity contribution is 14.0. The predicted octanol–water partition coefficient (Wildman–Crippen LogP) is 1.08. The van der Waals surface area contributed by atoms with Crippen molar-refractivity contribution in [2.24, 2.45) is 4.99 Å². The van der Waals surface area contributed by atoms with Crippen LogP contribution in [0.4, 0.5) is 0 Å². The van der Waals surface area contributed by atoms with Crippen LogP contribution in [0.3, 0.4) is 0 Å². The summed E-state index contributed by atoms with van der Waals surface area (Å²) < 4.78 is 5.20. The number of nitrogens with one attached hydrogen (secondary N) is 1. The average Bonchev–Trinajstić information content (AvgIpc) is 2.92. The zero-order valence-electron chi connectivity index (χ0n) is 16.4. The molecule has 2 rings (SSSR count). The van der Waals surface area contributed by atoms with Crippen LogP contribution >= 0.6 is 24.0 Å². The van der Waals surface area contributed by atoms with Crippen LogP contribution in [0.25, 0.3) is 0 Å². The maximum Gasteiger partial charge on any atom is 0.223 e. The van der Waals surface area contributed by atoms with E-state index in [4.69, 9.17) is 4.52 Å². The summed E-state index contributed by atoms with van der Waals surface area (Å²) in [4.78, 5) is 22.3. The standard InChI is InChI=1S/C17H30N6O2.HI/c1-13-15(14(2)25-20-13)12-19-17(18-3)23-10-8-22(9-11-23)7-6-16(24)21(4)5;/h6-12H2,1-5H3,(H,18,19);1H. The van der Waals surface area contributed by atoms with Crippen molar-refractivity contribution in [1.82, 2.24) is 25.2 Å². The first-order valence-electron chi connectivity index (χ1n) is 8.72. The molecule has 1 N–H and O–H groups in total. The number of hydrogen-bond acceptors (Lipinski definition) is 5. The zero-order valence-corrected chi connectivity index (χ0v) is 18.7. The lowest BCUT2D eigenvalue weighted by molar-refractivity contribution is -0.129. The zero-order chi connectivity index (χ0) is 18.4. The molecule has 0 atom stereocenters. The van der Waals surface area contributed by atoms with Gasteiger partial charge in [0.15, 0.2) is 5.96 Å². The fourth-order valence-electron chi connectivity index (χ4n) is 2.91. The summed E-state index contributed by atoms with van der Waals surface area (Å²) in [5, 5.41) is 7.38. The van der Waals surface area contributed by atoms with Crippen LogP contribution in [0.15, 0.2) is 9.52 Å². The SMILES string of the molecule is CN=C(NCc1c(C)noc1C)N1CCN(CCC(=O)N(C)C)CC1.I. The van der Waals surface area contributed by atoms with E-state index in [0.29, 0.717) is 13.0 Å². The number of amides is 1. The minimum Gasteiger partial charge on any atom is -0.361 e. The van der Waals surface area contributed by atoms with Gasteiger partial charge >= 0.3 is 0 Å². The van der Waals surface area contributed by atoms with Crippen LogP contribution in [0.5, 0.6) is 0 Å². The summed E-state index contributed by atoms with van der Waals surface area (Å²) in [5.74, 6) is 1.92. The van der Waals surface area contributed by atoms with Gasteiger partial charge in [0.25, 0.3) is 0 Å². The lowest BCUT2D eigenvalue weighted by Gasteiger charge is -2.36. The van der Waals surface area contributed by atoms with E-state index >= 15 is 0 Å². The number of nitrogens with zero attached hydrogens (tertiary/aromatic N) is 5. The number of aromatic nitrogens is 1. The van der Waals surface area contributed by atoms with Gasteiger partial charge in [-0.2, -0.15) is 0 Å². The fourth-order valence-corrected chi connectivity index (χ4v) is 2.91. The van der Waals surface area contributed by atoms with Crippen LogP contribution < -0.4 is 5.32 Å². The van der Waals surface area contributed by atoms with Crippen molar-refractivity contribution in [2.45, 2.75) is 26.8 Å². The Kier molecular flexibility index (Phi) is 9.34. The molecule has 0 unspecified atom stereocenters. The Hall–Kier alpha value is -1.36. The first kappa shape index (κ1) is 22.7. The number of hydrogen-bond donors (Lipinski definition) is 1. The summed E-state index contributed by atoms with van der Waals surface area (Å²) in [6.07, 6.45) is 0.575. The molecule has 2 heterocycles. The number of carbonyl (C=O) groups excluding carboxylic acids is 1. The lowest BCUT2D eigenvalue weighted by Crippen LogP contribution is -2.52. The molecule has 0 aromatic carbocycles. The summed E-state index contributed by atoms with van der Waals surface area (Å²) >= 11 is 0. The van der Waals surface area contributed by atoms with E-state index in [9.17, 15) is 4.79 Å². The summed E-state index contributed by atoms with van der Waals surface area (Å²) in [5.41, 5.74) is 2.00. The number of guanidine groups is 1. The van der Waals surface area contributed by atoms with E-state index in [0.717, 1.165) is 55.7 Å². The third kappa shape index (κ3) is 6.11. The van der Waals surface area contributed by atoms with Gasteiger partial charge in [-0.25, -0.2) is 0 Å². The van der Waals surface area contributed by atoms with Gasteiger partial charge in [0.1, 0.15) is 5.76 Å². The van der Waals surface area contributed by atoms with Crippen molar-refractivity contribution in [3.05, 3.63) is 17.0 Å². The van der Waals surface area contributed by atoms with Gasteiger partial charge in [0.2, 0.25) is 5.91 Å². The molecule has 1 amide bonds. The van der Waals surface area contributed by atoms with Gasteiger partial charge in [0, 0.05) is 72.4 Å². The van der Waals surface area contributed by atoms with Crippen molar-refractivity contribution in [3.8, 4) is 0 Å². The molecular weight excluding hydrogens is 447 g/mol. The summed E-state index contributed by atoms with van der Waals surface area (Å²) in [6.45, 7) is 9.02. The molecule has 0 bridgehead atoms. The molecule has 1 saturated heterocycles. The second kappa shape index (κ2) is 10.7. The molecule has 0 spiro atoms. The Labute approximate surface area is 173 Å². The maximum absolute atomic E-state index is 11.7. The second-order valence-electron chi connectivity index (χ2n) is 6.57. The molecule has 1 aromatic rings. The molecule has 26 heavy (non-hydrogen) atoms. The number of aryl methyl sites for hydroxylation is 2. The Morgan fingerprint density at radius 2 is 1.92 bits per heavy atom. The van der Waals surface area contributed by atoms with Gasteiger partial charge in [-0.05, 0) is 13.8 Å². The average molecular weight is 478 g/mol. The van der Waals surface area contributed by atoms with E-state index in [1.807, 2.05) is 13.8 Å². The molecule has 0 saturated carbocycles. The second-order valence-corrected chi connectivity index (χ2v) is 6.57. The quantitative estimate of drug-likeness (QED) is 0.388. The van der Waals surface area contributed by atoms with Gasteiger partial charge in [-0.3, -0.25) is 14.7 Å². The van der Waals surface area contributed by atoms with Crippen molar-refractivity contribution in [2.75, 3.05) is 53.9 Å². The highest BCUT2D eigenvalue weighted by Gasteiger charge is 2.20. The van der Waals surface area contributed by atoms with E-state index in [1.54, 1.807) is 26.0 Å². The minimum atomic E-state index is 0. The molecule has 1 aliphatic heterocycles. The maximum atomic E-state index is 11.7. The van der Waals surface area contributed by atoms with Gasteiger partial charge in [0.05, 0.1) is 5.69 Å². The van der Waals surface area contributed by atoms with Gasteiger partial charge < -0.3 is 19.6 Å². The third-order valence-corrected chi connectivity index (χ3v) is 4.63. The largest absolute Gasteiger partial charge is 0.361 e. The number of aliphatic imine (C=N–C) groups is 1. The number of piperazine rings is 1. The van der Waals surface area contributed by atoms with Crippen LogP contribution in [0.2, 0.25) is 0 Å². The normalized spacial score (nSPS) is 15.6. The Morgan fingerprint density at radius 3 is 2.42 bits per heavy atom. The highest BCUT2D eigenvalue weighted by atomic mass is 127. The number of rotatable bonds is 5. The number of carbonyl (C=O) groups is 1. The predicted molar refractivity (Wildman–Crippen MR) is 113 cm³/mol. The summed E-state index contributed by atoms with van der Waals surface area (Å²) in [6, 6.07) is 0. The molecular formula is C17H31IN6O2. The van der Waals surface area contributed by atoms with Gasteiger partial charge in [-0.1, -0.05) is 5.16 Å². The first-order valence-corrected chi connectivity index (χ1v) is 8.72. The van der Waals surface area contributed by atoms with E-state index in [-0.39, 0.29) is 29.9 Å². The first-order chi connectivity index (χ1) is 11.9. The molecule has 1 aromatic heterocycles. The van der Waals surface area contributed by atoms with Crippen molar-refractivity contribution in [3.63, 3.8) is 0 Å². The molecule has 148 valence electrons. The van der Waals surface area contributed by atoms with Gasteiger partial charge in [-0.15, -0.1) is 24.0 Å². The Bertz CT molecular complexity index is 589. The fraction of sp³-hybridized carbons (Fsp3) is 0.706. The molecule has 8 nitrogen and oxygen atoms in total. The summed E-state index contributed by atoms with van der Waals surface area (Å²) in [7, 11) is 5.40. The molecule has 9 heteroatoms. The third-order valence-electron chi connectivity index (χ3n) is 4.63. The molecule has 1 aliphatic rings. The van der Waals surface area contributed by atoms with Crippen LogP contribution in [-0.2, 0) is 11.3 Å². The Balaban J connectivity index is 0.00000338. The van der Waals surface area contributed by atoms with Crippen molar-refractivity contribution < 1.29 is 9.32 Å².